The summed E-state index contributed by atoms with van der Waals surface area (Å²) in [7, 11) is 0. The molecule has 2 heterocycles. The van der Waals surface area contributed by atoms with Crippen LogP contribution in [0, 0.1) is 0 Å². The van der Waals surface area contributed by atoms with Gasteiger partial charge in [-0.2, -0.15) is 0 Å². The average molecular weight is 718 g/mol. The summed E-state index contributed by atoms with van der Waals surface area (Å²) >= 11 is 1.80. The maximum Gasteiger partial charge on any atom is 0.164 e. The lowest BCUT2D eigenvalue weighted by atomic mass is 9.89. The summed E-state index contributed by atoms with van der Waals surface area (Å²) in [5.74, 6) is 1.98. The molecule has 9 aromatic carbocycles. The van der Waals surface area contributed by atoms with Crippen molar-refractivity contribution in [2.45, 2.75) is 0 Å². The largest absolute Gasteiger partial charge is 0.208 e. The van der Waals surface area contributed by atoms with Gasteiger partial charge in [0.25, 0.3) is 0 Å². The Morgan fingerprint density at radius 2 is 0.873 bits per heavy atom. The first-order valence-electron chi connectivity index (χ1n) is 18.5. The van der Waals surface area contributed by atoms with E-state index in [1.807, 2.05) is 18.2 Å². The van der Waals surface area contributed by atoms with Gasteiger partial charge in [0, 0.05) is 36.9 Å². The molecule has 0 saturated carbocycles. The van der Waals surface area contributed by atoms with Gasteiger partial charge in [0.1, 0.15) is 0 Å². The van der Waals surface area contributed by atoms with Crippen LogP contribution in [0.2, 0.25) is 0 Å². The Morgan fingerprint density at radius 3 is 1.64 bits per heavy atom. The summed E-state index contributed by atoms with van der Waals surface area (Å²) in [6.07, 6.45) is 0. The normalized spacial score (nSPS) is 11.6. The van der Waals surface area contributed by atoms with Gasteiger partial charge in [-0.05, 0) is 72.8 Å². The fourth-order valence-corrected chi connectivity index (χ4v) is 9.21. The smallest absolute Gasteiger partial charge is 0.164 e. The van der Waals surface area contributed by atoms with Crippen molar-refractivity contribution in [2.24, 2.45) is 0 Å². The van der Waals surface area contributed by atoms with E-state index in [0.717, 1.165) is 27.8 Å². The van der Waals surface area contributed by atoms with Crippen LogP contribution in [0.1, 0.15) is 0 Å². The van der Waals surface area contributed by atoms with Crippen LogP contribution < -0.4 is 0 Å². The Hall–Kier alpha value is -7.01. The fraction of sp³-hybridized carbons (Fsp3) is 0. The van der Waals surface area contributed by atoms with Crippen molar-refractivity contribution in [3.8, 4) is 56.4 Å². The van der Waals surface area contributed by atoms with Crippen molar-refractivity contribution in [3.63, 3.8) is 0 Å². The molecule has 3 nitrogen and oxygen atoms in total. The molecule has 4 heteroatoms. The van der Waals surface area contributed by atoms with E-state index in [2.05, 4.69) is 170 Å². The summed E-state index contributed by atoms with van der Waals surface area (Å²) in [6, 6.07) is 67.0. The summed E-state index contributed by atoms with van der Waals surface area (Å²) in [6.45, 7) is 0. The van der Waals surface area contributed by atoms with Crippen LogP contribution in [-0.2, 0) is 0 Å². The zero-order valence-corrected chi connectivity index (χ0v) is 30.5. The Kier molecular flexibility index (Phi) is 7.35. The summed E-state index contributed by atoms with van der Waals surface area (Å²) < 4.78 is 2.48. The highest BCUT2D eigenvalue weighted by Crippen LogP contribution is 2.41. The predicted octanol–water partition coefficient (Wildman–Crippen LogP) is 14.0. The van der Waals surface area contributed by atoms with E-state index >= 15 is 0 Å². The van der Waals surface area contributed by atoms with E-state index < -0.39 is 0 Å². The van der Waals surface area contributed by atoms with Crippen molar-refractivity contribution in [3.05, 3.63) is 188 Å². The molecule has 0 aliphatic carbocycles. The van der Waals surface area contributed by atoms with Gasteiger partial charge in [0.2, 0.25) is 0 Å². The first-order chi connectivity index (χ1) is 27.2. The first-order valence-corrected chi connectivity index (χ1v) is 19.3. The van der Waals surface area contributed by atoms with Gasteiger partial charge in [0.15, 0.2) is 17.5 Å². The molecule has 11 rings (SSSR count). The Morgan fingerprint density at radius 1 is 0.309 bits per heavy atom. The Labute approximate surface area is 321 Å². The van der Waals surface area contributed by atoms with Gasteiger partial charge >= 0.3 is 0 Å². The number of nitrogens with zero attached hydrogens (tertiary/aromatic N) is 3. The van der Waals surface area contributed by atoms with Crippen LogP contribution >= 0.6 is 11.3 Å². The second-order valence-electron chi connectivity index (χ2n) is 14.0. The second-order valence-corrected chi connectivity index (χ2v) is 15.0. The summed E-state index contributed by atoms with van der Waals surface area (Å²) in [5.41, 5.74) is 7.68. The van der Waals surface area contributed by atoms with Crippen LogP contribution in [0.3, 0.4) is 0 Å². The molecule has 0 amide bonds. The molecule has 11 aromatic rings. The van der Waals surface area contributed by atoms with Gasteiger partial charge in [-0.3, -0.25) is 0 Å². The van der Waals surface area contributed by atoms with Gasteiger partial charge in [0.05, 0.1) is 0 Å². The Bertz CT molecular complexity index is 3240. The molecule has 0 bridgehead atoms. The number of thiophene rings is 1. The van der Waals surface area contributed by atoms with Crippen molar-refractivity contribution in [1.82, 2.24) is 15.0 Å². The number of hydrogen-bond donors (Lipinski definition) is 0. The van der Waals surface area contributed by atoms with E-state index in [4.69, 9.17) is 15.0 Å². The lowest BCUT2D eigenvalue weighted by Crippen LogP contribution is -2.00. The van der Waals surface area contributed by atoms with Gasteiger partial charge in [-0.1, -0.05) is 170 Å². The van der Waals surface area contributed by atoms with E-state index in [1.54, 1.807) is 11.3 Å². The zero-order chi connectivity index (χ0) is 36.3. The van der Waals surface area contributed by atoms with Crippen molar-refractivity contribution >= 4 is 63.8 Å². The van der Waals surface area contributed by atoms with E-state index in [-0.39, 0.29) is 0 Å². The lowest BCUT2D eigenvalue weighted by Gasteiger charge is -2.14. The monoisotopic (exact) mass is 717 g/mol. The molecular weight excluding hydrogens is 687 g/mol. The molecule has 0 saturated heterocycles. The van der Waals surface area contributed by atoms with Gasteiger partial charge in [-0.15, -0.1) is 11.3 Å². The third-order valence-electron chi connectivity index (χ3n) is 10.7. The molecule has 0 aliphatic heterocycles. The topological polar surface area (TPSA) is 38.7 Å². The molecule has 0 fully saturated rings. The predicted molar refractivity (Wildman–Crippen MR) is 232 cm³/mol. The molecular formula is C51H31N3S. The molecule has 256 valence electrons. The maximum atomic E-state index is 5.13. The minimum atomic E-state index is 0.651. The number of aromatic nitrogens is 3. The molecule has 0 atom stereocenters. The van der Waals surface area contributed by atoms with Crippen LogP contribution in [0.15, 0.2) is 188 Å². The molecule has 0 unspecified atom stereocenters. The third kappa shape index (κ3) is 5.38. The highest BCUT2D eigenvalue weighted by Gasteiger charge is 2.17. The number of benzene rings is 9. The van der Waals surface area contributed by atoms with Crippen LogP contribution in [0.5, 0.6) is 0 Å². The van der Waals surface area contributed by atoms with E-state index in [1.165, 1.54) is 63.6 Å². The lowest BCUT2D eigenvalue weighted by molar-refractivity contribution is 1.08. The summed E-state index contributed by atoms with van der Waals surface area (Å²) in [5, 5.41) is 10.0. The highest BCUT2D eigenvalue weighted by atomic mass is 32.1. The van der Waals surface area contributed by atoms with Gasteiger partial charge < -0.3 is 0 Å². The van der Waals surface area contributed by atoms with E-state index in [9.17, 15) is 0 Å². The maximum absolute atomic E-state index is 5.13. The molecule has 0 radical (unpaired) electrons. The SMILES string of the molecule is c1ccc(-c2nc(-c3ccc(-c4ccc(-c5c6ccccc6cc6c5ccc5ccccc56)cc4)cc3)nc(-c3cccc4sc5ccccc5c34)n2)cc1. The van der Waals surface area contributed by atoms with Crippen LogP contribution in [-0.4, -0.2) is 15.0 Å². The van der Waals surface area contributed by atoms with Crippen molar-refractivity contribution < 1.29 is 0 Å². The summed E-state index contributed by atoms with van der Waals surface area (Å²) in [4.78, 5) is 15.2. The number of hydrogen-bond acceptors (Lipinski definition) is 4. The molecule has 55 heavy (non-hydrogen) atoms. The molecule has 2 aromatic heterocycles. The Balaban J connectivity index is 0.989. The number of fused-ring (bicyclic) bond motifs is 7. The first kappa shape index (κ1) is 31.5. The van der Waals surface area contributed by atoms with Crippen molar-refractivity contribution in [1.29, 1.82) is 0 Å². The minimum absolute atomic E-state index is 0.651. The van der Waals surface area contributed by atoms with E-state index in [0.29, 0.717) is 17.5 Å². The second kappa shape index (κ2) is 12.8. The fourth-order valence-electron chi connectivity index (χ4n) is 8.08. The third-order valence-corrected chi connectivity index (χ3v) is 11.9. The molecule has 0 spiro atoms. The zero-order valence-electron chi connectivity index (χ0n) is 29.6. The molecule has 0 aliphatic rings. The highest BCUT2D eigenvalue weighted by molar-refractivity contribution is 7.25. The number of rotatable bonds is 5. The average Bonchev–Trinajstić information content (AvgIpc) is 3.65. The van der Waals surface area contributed by atoms with Crippen LogP contribution in [0.25, 0.3) is 109 Å². The quantitative estimate of drug-likeness (QED) is 0.131. The molecule has 0 N–H and O–H groups in total. The minimum Gasteiger partial charge on any atom is -0.208 e. The van der Waals surface area contributed by atoms with Crippen LogP contribution in [0.4, 0.5) is 0 Å². The van der Waals surface area contributed by atoms with Crippen molar-refractivity contribution in [2.75, 3.05) is 0 Å². The van der Waals surface area contributed by atoms with Gasteiger partial charge in [-0.25, -0.2) is 15.0 Å². The standard InChI is InChI=1S/C51H31N3S/c1-2-12-36(13-3-1)49-52-50(54-51(53-49)43-18-10-20-46-48(43)42-17-8-9-19-45(42)55-46)37-27-23-33(24-28-37)32-21-25-35(26-22-32)47-40-16-7-5-14-38(40)31-44-39-15-6-4-11-34(39)29-30-41(44)47/h1-31H.